The van der Waals surface area contributed by atoms with Crippen LogP contribution in [0.5, 0.6) is 0 Å². The Bertz CT molecular complexity index is 508. The van der Waals surface area contributed by atoms with E-state index in [4.69, 9.17) is 0 Å². The van der Waals surface area contributed by atoms with Gasteiger partial charge in [-0.3, -0.25) is 19.8 Å². The van der Waals surface area contributed by atoms with E-state index in [9.17, 15) is 9.59 Å². The molecule has 0 spiro atoms. The minimum Gasteiger partial charge on any atom is -0.348 e. The number of carbonyl (C=O) groups excluding carboxylic acids is 2. The second-order valence-electron chi connectivity index (χ2n) is 4.93. The minimum atomic E-state index is -0.421. The lowest BCUT2D eigenvalue weighted by molar-refractivity contribution is -0.137. The lowest BCUT2D eigenvalue weighted by atomic mass is 10.2. The smallest absolute Gasteiger partial charge is 0.246 e. The highest BCUT2D eigenvalue weighted by Gasteiger charge is 2.35. The molecule has 0 aliphatic carbocycles. The second-order valence-corrected chi connectivity index (χ2v) is 4.93. The number of amides is 2. The highest BCUT2D eigenvalue weighted by molar-refractivity contribution is 6.05. The van der Waals surface area contributed by atoms with Gasteiger partial charge in [-0.15, -0.1) is 0 Å². The van der Waals surface area contributed by atoms with E-state index in [1.165, 1.54) is 11.9 Å². The zero-order chi connectivity index (χ0) is 14.2. The Hall–Kier alpha value is -1.89. The van der Waals surface area contributed by atoms with Crippen molar-refractivity contribution in [1.82, 2.24) is 19.8 Å². The number of carbonyl (C=O) groups is 2. The Balaban J connectivity index is 2.00. The van der Waals surface area contributed by atoms with Gasteiger partial charge in [-0.05, 0) is 0 Å². The first-order valence-corrected chi connectivity index (χ1v) is 6.13. The van der Waals surface area contributed by atoms with Gasteiger partial charge in [0.15, 0.2) is 0 Å². The number of likely N-dealkylation sites (N-methyl/N-ethyl adjacent to an activating group) is 1. The zero-order valence-corrected chi connectivity index (χ0v) is 11.7. The van der Waals surface area contributed by atoms with Crippen LogP contribution in [0.1, 0.15) is 12.1 Å². The third-order valence-electron chi connectivity index (χ3n) is 3.37. The molecule has 1 saturated heterocycles. The predicted octanol–water partition coefficient (Wildman–Crippen LogP) is -0.667. The van der Waals surface area contributed by atoms with Crippen molar-refractivity contribution in [3.05, 3.63) is 11.9 Å². The Kier molecular flexibility index (Phi) is 3.57. The van der Waals surface area contributed by atoms with Gasteiger partial charge in [-0.1, -0.05) is 0 Å². The minimum absolute atomic E-state index is 0.138. The molecule has 1 fully saturated rings. The van der Waals surface area contributed by atoms with Crippen LogP contribution in [-0.2, 0) is 23.2 Å². The summed E-state index contributed by atoms with van der Waals surface area (Å²) in [7, 11) is 7.29. The number of anilines is 1. The number of nitrogens with zero attached hydrogens (tertiary/aromatic N) is 4. The topological polar surface area (TPSA) is 70.5 Å². The largest absolute Gasteiger partial charge is 0.348 e. The van der Waals surface area contributed by atoms with E-state index in [1.807, 2.05) is 30.6 Å². The number of aromatic nitrogens is 2. The first kappa shape index (κ1) is 13.5. The summed E-state index contributed by atoms with van der Waals surface area (Å²) in [6, 6.07) is -0.421. The van der Waals surface area contributed by atoms with Crippen molar-refractivity contribution in [3.8, 4) is 0 Å². The van der Waals surface area contributed by atoms with Crippen molar-refractivity contribution >= 4 is 17.8 Å². The molecule has 2 amide bonds. The molecule has 2 rings (SSSR count). The average molecular weight is 265 g/mol. The summed E-state index contributed by atoms with van der Waals surface area (Å²) < 4.78 is 1.96. The van der Waals surface area contributed by atoms with Crippen molar-refractivity contribution < 1.29 is 9.59 Å². The van der Waals surface area contributed by atoms with Crippen LogP contribution in [0.3, 0.4) is 0 Å². The number of imidazole rings is 1. The third kappa shape index (κ3) is 2.46. The summed E-state index contributed by atoms with van der Waals surface area (Å²) in [5.74, 6) is 0.546. The van der Waals surface area contributed by atoms with Crippen LogP contribution < -0.4 is 10.2 Å². The van der Waals surface area contributed by atoms with Gasteiger partial charge in [0.05, 0.1) is 24.4 Å². The summed E-state index contributed by atoms with van der Waals surface area (Å²) in [5, 5.41) is 3.11. The maximum absolute atomic E-state index is 11.7. The quantitative estimate of drug-likeness (QED) is 0.731. The van der Waals surface area contributed by atoms with Crippen molar-refractivity contribution in [1.29, 1.82) is 0 Å². The number of hydrogen-bond acceptors (Lipinski definition) is 5. The second kappa shape index (κ2) is 5.00. The van der Waals surface area contributed by atoms with Gasteiger partial charge < -0.3 is 9.47 Å². The van der Waals surface area contributed by atoms with Gasteiger partial charge >= 0.3 is 0 Å². The Morgan fingerprint density at radius 2 is 2.11 bits per heavy atom. The van der Waals surface area contributed by atoms with Crippen molar-refractivity contribution in [2.24, 2.45) is 7.05 Å². The van der Waals surface area contributed by atoms with Gasteiger partial charge in [0.25, 0.3) is 0 Å². The lowest BCUT2D eigenvalue weighted by Crippen LogP contribution is -2.37. The fraction of sp³-hybridized carbons (Fsp3) is 0.583. The standard InChI is InChI=1S/C12H19N5O2/c1-15(2)12-14-7-8(16(12)3)6-13-9-5-10(18)17(4)11(9)19/h7,9,13H,5-6H2,1-4H3. The van der Waals surface area contributed by atoms with Crippen LogP contribution in [0.25, 0.3) is 0 Å². The zero-order valence-electron chi connectivity index (χ0n) is 11.7. The van der Waals surface area contributed by atoms with E-state index in [1.54, 1.807) is 6.20 Å². The van der Waals surface area contributed by atoms with Gasteiger partial charge in [-0.2, -0.15) is 0 Å². The molecule has 1 unspecified atom stereocenters. The van der Waals surface area contributed by atoms with Gasteiger partial charge in [0.2, 0.25) is 17.8 Å². The summed E-state index contributed by atoms with van der Waals surface area (Å²) in [6.07, 6.45) is 2.00. The van der Waals surface area contributed by atoms with E-state index < -0.39 is 6.04 Å². The molecule has 1 aromatic rings. The molecule has 104 valence electrons. The molecular formula is C12H19N5O2. The molecule has 7 heteroatoms. The lowest BCUT2D eigenvalue weighted by Gasteiger charge is -2.14. The number of rotatable bonds is 4. The molecule has 1 aromatic heterocycles. The fourth-order valence-electron chi connectivity index (χ4n) is 2.16. The van der Waals surface area contributed by atoms with Crippen molar-refractivity contribution in [3.63, 3.8) is 0 Å². The molecule has 1 N–H and O–H groups in total. The SMILES string of the molecule is CN1C(=O)CC(NCc2cnc(N(C)C)n2C)C1=O. The normalized spacial score (nSPS) is 19.4. The third-order valence-corrected chi connectivity index (χ3v) is 3.37. The number of imide groups is 1. The van der Waals surface area contributed by atoms with Crippen molar-refractivity contribution in [2.75, 3.05) is 26.0 Å². The van der Waals surface area contributed by atoms with E-state index in [-0.39, 0.29) is 18.2 Å². The summed E-state index contributed by atoms with van der Waals surface area (Å²) in [5.41, 5.74) is 0.971. The summed E-state index contributed by atoms with van der Waals surface area (Å²) in [6.45, 7) is 0.509. The molecule has 1 atom stereocenters. The van der Waals surface area contributed by atoms with E-state index in [0.29, 0.717) is 6.54 Å². The van der Waals surface area contributed by atoms with Gasteiger partial charge in [-0.25, -0.2) is 4.98 Å². The number of hydrogen-bond donors (Lipinski definition) is 1. The molecule has 2 heterocycles. The van der Waals surface area contributed by atoms with Gasteiger partial charge in [0.1, 0.15) is 0 Å². The average Bonchev–Trinajstić information content (AvgIpc) is 2.83. The Morgan fingerprint density at radius 1 is 1.42 bits per heavy atom. The van der Waals surface area contributed by atoms with E-state index >= 15 is 0 Å². The molecule has 1 aliphatic rings. The number of likely N-dealkylation sites (tertiary alicyclic amines) is 1. The highest BCUT2D eigenvalue weighted by atomic mass is 16.2. The number of nitrogens with one attached hydrogen (secondary N) is 1. The predicted molar refractivity (Wildman–Crippen MR) is 70.6 cm³/mol. The van der Waals surface area contributed by atoms with Crippen LogP contribution in [0.2, 0.25) is 0 Å². The van der Waals surface area contributed by atoms with Crippen LogP contribution in [0.4, 0.5) is 5.95 Å². The first-order valence-electron chi connectivity index (χ1n) is 6.13. The van der Waals surface area contributed by atoms with Crippen molar-refractivity contribution in [2.45, 2.75) is 19.0 Å². The molecular weight excluding hydrogens is 246 g/mol. The highest BCUT2D eigenvalue weighted by Crippen LogP contribution is 2.13. The first-order chi connectivity index (χ1) is 8.91. The van der Waals surface area contributed by atoms with Crippen LogP contribution in [0.15, 0.2) is 6.20 Å². The molecule has 19 heavy (non-hydrogen) atoms. The molecule has 7 nitrogen and oxygen atoms in total. The molecule has 0 saturated carbocycles. The Labute approximate surface area is 112 Å². The molecule has 0 bridgehead atoms. The maximum Gasteiger partial charge on any atom is 0.246 e. The van der Waals surface area contributed by atoms with Crippen LogP contribution in [0, 0.1) is 0 Å². The fourth-order valence-corrected chi connectivity index (χ4v) is 2.16. The summed E-state index contributed by atoms with van der Waals surface area (Å²) >= 11 is 0. The maximum atomic E-state index is 11.7. The molecule has 0 aromatic carbocycles. The van der Waals surface area contributed by atoms with Crippen LogP contribution >= 0.6 is 0 Å². The van der Waals surface area contributed by atoms with Gasteiger partial charge in [0, 0.05) is 34.7 Å². The Morgan fingerprint density at radius 3 is 2.58 bits per heavy atom. The monoisotopic (exact) mass is 265 g/mol. The molecule has 0 radical (unpaired) electrons. The van der Waals surface area contributed by atoms with E-state index in [2.05, 4.69) is 10.3 Å². The molecule has 1 aliphatic heterocycles. The van der Waals surface area contributed by atoms with Crippen LogP contribution in [-0.4, -0.2) is 53.5 Å². The van der Waals surface area contributed by atoms with E-state index in [0.717, 1.165) is 11.6 Å². The summed E-state index contributed by atoms with van der Waals surface area (Å²) in [4.78, 5) is 30.5.